The maximum atomic E-state index is 5.68. The van der Waals surface area contributed by atoms with E-state index >= 15 is 0 Å². The summed E-state index contributed by atoms with van der Waals surface area (Å²) in [5.74, 6) is 2.60. The third kappa shape index (κ3) is 3.11. The minimum atomic E-state index is 0.309. The first-order chi connectivity index (χ1) is 8.69. The Morgan fingerprint density at radius 2 is 2.22 bits per heavy atom. The fourth-order valence-electron chi connectivity index (χ4n) is 1.54. The van der Waals surface area contributed by atoms with Crippen LogP contribution in [0.5, 0.6) is 5.75 Å². The Bertz CT molecular complexity index is 506. The van der Waals surface area contributed by atoms with Gasteiger partial charge in [-0.25, -0.2) is 4.98 Å². The third-order valence-electron chi connectivity index (χ3n) is 2.43. The van der Waals surface area contributed by atoms with Crippen LogP contribution in [-0.4, -0.2) is 11.6 Å². The molecule has 96 valence electrons. The molecule has 0 spiro atoms. The molecule has 2 N–H and O–H groups in total. The van der Waals surface area contributed by atoms with Crippen LogP contribution < -0.4 is 10.5 Å². The van der Waals surface area contributed by atoms with Crippen LogP contribution in [0, 0.1) is 5.92 Å². The lowest BCUT2D eigenvalue weighted by Gasteiger charge is -2.09. The van der Waals surface area contributed by atoms with Gasteiger partial charge in [0.15, 0.2) is 5.76 Å². The van der Waals surface area contributed by atoms with Crippen LogP contribution in [0.4, 0.5) is 0 Å². The molecule has 1 aromatic carbocycles. The molecule has 0 atom stereocenters. The second kappa shape index (κ2) is 5.69. The summed E-state index contributed by atoms with van der Waals surface area (Å²) in [6, 6.07) is 7.79. The molecule has 0 bridgehead atoms. The van der Waals surface area contributed by atoms with Crippen molar-refractivity contribution in [3.63, 3.8) is 0 Å². The predicted octanol–water partition coefficient (Wildman–Crippen LogP) is 2.84. The van der Waals surface area contributed by atoms with E-state index in [2.05, 4.69) is 18.8 Å². The van der Waals surface area contributed by atoms with Gasteiger partial charge in [0.05, 0.1) is 19.3 Å². The van der Waals surface area contributed by atoms with Crippen LogP contribution in [0.3, 0.4) is 0 Å². The number of aromatic nitrogens is 1. The summed E-state index contributed by atoms with van der Waals surface area (Å²) in [5.41, 5.74) is 6.42. The number of hydrogen-bond donors (Lipinski definition) is 1. The first-order valence-electron chi connectivity index (χ1n) is 6.07. The van der Waals surface area contributed by atoms with E-state index in [1.54, 1.807) is 6.20 Å². The van der Waals surface area contributed by atoms with E-state index in [1.807, 2.05) is 24.3 Å². The molecule has 18 heavy (non-hydrogen) atoms. The molecule has 2 aromatic rings. The van der Waals surface area contributed by atoms with Crippen molar-refractivity contribution in [2.24, 2.45) is 11.7 Å². The van der Waals surface area contributed by atoms with E-state index in [-0.39, 0.29) is 0 Å². The molecule has 0 saturated heterocycles. The van der Waals surface area contributed by atoms with Gasteiger partial charge in [-0.3, -0.25) is 0 Å². The van der Waals surface area contributed by atoms with Gasteiger partial charge in [0.2, 0.25) is 5.89 Å². The minimum Gasteiger partial charge on any atom is -0.493 e. The molecule has 4 heteroatoms. The summed E-state index contributed by atoms with van der Waals surface area (Å²) in [6.07, 6.45) is 1.68. The zero-order valence-corrected chi connectivity index (χ0v) is 10.7. The number of oxazole rings is 1. The monoisotopic (exact) mass is 246 g/mol. The quantitative estimate of drug-likeness (QED) is 0.881. The van der Waals surface area contributed by atoms with Crippen LogP contribution in [0.15, 0.2) is 34.9 Å². The molecule has 0 unspecified atom stereocenters. The topological polar surface area (TPSA) is 61.3 Å². The molecule has 1 heterocycles. The molecule has 0 aliphatic rings. The summed E-state index contributed by atoms with van der Waals surface area (Å²) in [6.45, 7) is 5.25. The lowest BCUT2D eigenvalue weighted by molar-refractivity contribution is 0.271. The van der Waals surface area contributed by atoms with Gasteiger partial charge in [0.1, 0.15) is 5.75 Å². The van der Waals surface area contributed by atoms with Crippen LogP contribution >= 0.6 is 0 Å². The zero-order valence-electron chi connectivity index (χ0n) is 10.7. The van der Waals surface area contributed by atoms with Crippen LogP contribution in [-0.2, 0) is 6.54 Å². The van der Waals surface area contributed by atoms with Gasteiger partial charge in [-0.15, -0.1) is 0 Å². The first-order valence-corrected chi connectivity index (χ1v) is 6.07. The molecule has 2 rings (SSSR count). The average molecular weight is 246 g/mol. The molecule has 0 radical (unpaired) electrons. The van der Waals surface area contributed by atoms with Crippen molar-refractivity contribution in [2.75, 3.05) is 6.61 Å². The van der Waals surface area contributed by atoms with E-state index in [0.29, 0.717) is 30.7 Å². The van der Waals surface area contributed by atoms with Crippen molar-refractivity contribution in [1.82, 2.24) is 4.98 Å². The van der Waals surface area contributed by atoms with Gasteiger partial charge in [-0.1, -0.05) is 26.0 Å². The van der Waals surface area contributed by atoms with Crippen molar-refractivity contribution in [1.29, 1.82) is 0 Å². The lowest BCUT2D eigenvalue weighted by Crippen LogP contribution is -2.04. The molecule has 0 saturated carbocycles. The number of hydrogen-bond acceptors (Lipinski definition) is 4. The highest BCUT2D eigenvalue weighted by atomic mass is 16.5. The Labute approximate surface area is 107 Å². The second-order valence-electron chi connectivity index (χ2n) is 4.56. The molecule has 0 aliphatic carbocycles. The van der Waals surface area contributed by atoms with Crippen LogP contribution in [0.25, 0.3) is 11.3 Å². The molecule has 4 nitrogen and oxygen atoms in total. The standard InChI is InChI=1S/C14H18N2O2/c1-10(2)9-17-12-5-3-4-11(6-12)13-8-16-14(7-15)18-13/h3-6,8,10H,7,9,15H2,1-2H3. The number of nitrogens with zero attached hydrogens (tertiary/aromatic N) is 1. The maximum Gasteiger partial charge on any atom is 0.208 e. The molecule has 0 amide bonds. The largest absolute Gasteiger partial charge is 0.493 e. The van der Waals surface area contributed by atoms with Gasteiger partial charge in [-0.05, 0) is 18.1 Å². The van der Waals surface area contributed by atoms with Crippen molar-refractivity contribution < 1.29 is 9.15 Å². The number of nitrogens with two attached hydrogens (primary N) is 1. The summed E-state index contributed by atoms with van der Waals surface area (Å²) in [4.78, 5) is 4.08. The highest BCUT2D eigenvalue weighted by molar-refractivity contribution is 5.58. The Morgan fingerprint density at radius 1 is 1.39 bits per heavy atom. The summed E-state index contributed by atoms with van der Waals surface area (Å²) in [5, 5.41) is 0. The van der Waals surface area contributed by atoms with Crippen molar-refractivity contribution in [3.05, 3.63) is 36.4 Å². The maximum absolute atomic E-state index is 5.68. The number of ether oxygens (including phenoxy) is 1. The van der Waals surface area contributed by atoms with Gasteiger partial charge in [0, 0.05) is 5.56 Å². The van der Waals surface area contributed by atoms with Crippen molar-refractivity contribution >= 4 is 0 Å². The third-order valence-corrected chi connectivity index (χ3v) is 2.43. The van der Waals surface area contributed by atoms with E-state index in [9.17, 15) is 0 Å². The summed E-state index contributed by atoms with van der Waals surface area (Å²) >= 11 is 0. The van der Waals surface area contributed by atoms with Gasteiger partial charge in [0.25, 0.3) is 0 Å². The van der Waals surface area contributed by atoms with E-state index in [0.717, 1.165) is 11.3 Å². The summed E-state index contributed by atoms with van der Waals surface area (Å²) in [7, 11) is 0. The molecule has 1 aromatic heterocycles. The fourth-order valence-corrected chi connectivity index (χ4v) is 1.54. The van der Waals surface area contributed by atoms with Gasteiger partial charge < -0.3 is 14.9 Å². The molecular formula is C14H18N2O2. The normalized spacial score (nSPS) is 10.9. The van der Waals surface area contributed by atoms with E-state index < -0.39 is 0 Å². The van der Waals surface area contributed by atoms with Gasteiger partial charge in [-0.2, -0.15) is 0 Å². The second-order valence-corrected chi connectivity index (χ2v) is 4.56. The van der Waals surface area contributed by atoms with Crippen LogP contribution in [0.1, 0.15) is 19.7 Å². The summed E-state index contributed by atoms with van der Waals surface area (Å²) < 4.78 is 11.2. The van der Waals surface area contributed by atoms with E-state index in [4.69, 9.17) is 14.9 Å². The highest BCUT2D eigenvalue weighted by Gasteiger charge is 2.06. The molecule has 0 aliphatic heterocycles. The zero-order chi connectivity index (χ0) is 13.0. The predicted molar refractivity (Wildman–Crippen MR) is 70.2 cm³/mol. The van der Waals surface area contributed by atoms with Gasteiger partial charge >= 0.3 is 0 Å². The number of benzene rings is 1. The highest BCUT2D eigenvalue weighted by Crippen LogP contribution is 2.24. The smallest absolute Gasteiger partial charge is 0.208 e. The Kier molecular flexibility index (Phi) is 3.99. The van der Waals surface area contributed by atoms with Crippen molar-refractivity contribution in [2.45, 2.75) is 20.4 Å². The first kappa shape index (κ1) is 12.6. The molecular weight excluding hydrogens is 228 g/mol. The average Bonchev–Trinajstić information content (AvgIpc) is 2.85. The van der Waals surface area contributed by atoms with E-state index in [1.165, 1.54) is 0 Å². The number of rotatable bonds is 5. The fraction of sp³-hybridized carbons (Fsp3) is 0.357. The Morgan fingerprint density at radius 3 is 2.89 bits per heavy atom. The van der Waals surface area contributed by atoms with Crippen molar-refractivity contribution in [3.8, 4) is 17.1 Å². The lowest BCUT2D eigenvalue weighted by atomic mass is 10.2. The Balaban J connectivity index is 2.16. The Hall–Kier alpha value is -1.81. The minimum absolute atomic E-state index is 0.309. The SMILES string of the molecule is CC(C)COc1cccc(-c2cnc(CN)o2)c1. The van der Waals surface area contributed by atoms with Crippen LogP contribution in [0.2, 0.25) is 0 Å². The molecule has 0 fully saturated rings.